The Kier molecular flexibility index (Phi) is 4.71. The number of aromatic hydroxyl groups is 1. The molecule has 21 heavy (non-hydrogen) atoms. The molecule has 0 atom stereocenters. The lowest BCUT2D eigenvalue weighted by Crippen LogP contribution is -2.09. The number of rotatable bonds is 5. The fourth-order valence-corrected chi connectivity index (χ4v) is 2.70. The Labute approximate surface area is 127 Å². The number of hydrogen-bond donors (Lipinski definition) is 1. The van der Waals surface area contributed by atoms with Gasteiger partial charge in [0.15, 0.2) is 0 Å². The quantitative estimate of drug-likeness (QED) is 0.883. The molecule has 3 nitrogen and oxygen atoms in total. The molecule has 1 N–H and O–H groups in total. The lowest BCUT2D eigenvalue weighted by atomic mass is 9.96. The van der Waals surface area contributed by atoms with Gasteiger partial charge in [-0.1, -0.05) is 52.0 Å². The second-order valence-electron chi connectivity index (χ2n) is 6.64. The van der Waals surface area contributed by atoms with Gasteiger partial charge in [0.25, 0.3) is 0 Å². The zero-order valence-electron chi connectivity index (χ0n) is 13.7. The highest BCUT2D eigenvalue weighted by molar-refractivity contribution is 5.69. The van der Waals surface area contributed by atoms with Crippen molar-refractivity contribution < 1.29 is 5.11 Å². The van der Waals surface area contributed by atoms with Gasteiger partial charge >= 0.3 is 0 Å². The second-order valence-corrected chi connectivity index (χ2v) is 6.64. The molecule has 0 unspecified atom stereocenters. The minimum Gasteiger partial charge on any atom is -0.492 e. The fraction of sp³-hybridized carbons (Fsp3) is 0.500. The Bertz CT molecular complexity index is 612. The first-order valence-electron chi connectivity index (χ1n) is 7.74. The molecule has 0 spiro atoms. The van der Waals surface area contributed by atoms with Crippen molar-refractivity contribution in [2.75, 3.05) is 0 Å². The summed E-state index contributed by atoms with van der Waals surface area (Å²) in [5, 5.41) is 14.7. The van der Waals surface area contributed by atoms with E-state index in [2.05, 4.69) is 51.9 Å². The minimum atomic E-state index is 0.183. The Hall–Kier alpha value is -1.77. The van der Waals surface area contributed by atoms with Crippen LogP contribution in [0.5, 0.6) is 5.88 Å². The summed E-state index contributed by atoms with van der Waals surface area (Å²) < 4.78 is 1.97. The van der Waals surface area contributed by atoms with Crippen molar-refractivity contribution in [3.8, 4) is 17.1 Å². The van der Waals surface area contributed by atoms with Crippen LogP contribution >= 0.6 is 0 Å². The molecule has 0 aliphatic rings. The van der Waals surface area contributed by atoms with E-state index in [1.54, 1.807) is 0 Å². The molecule has 0 saturated heterocycles. The van der Waals surface area contributed by atoms with Crippen molar-refractivity contribution in [2.45, 2.75) is 47.6 Å². The van der Waals surface area contributed by atoms with E-state index >= 15 is 0 Å². The first kappa shape index (κ1) is 15.6. The molecule has 0 bridgehead atoms. The zero-order valence-corrected chi connectivity index (χ0v) is 13.7. The molecule has 2 aromatic rings. The van der Waals surface area contributed by atoms with E-state index in [0.717, 1.165) is 24.2 Å². The predicted octanol–water partition coefficient (Wildman–Crippen LogP) is 4.42. The summed E-state index contributed by atoms with van der Waals surface area (Å²) in [5.41, 5.74) is 4.43. The molecular weight excluding hydrogens is 260 g/mol. The predicted molar refractivity (Wildman–Crippen MR) is 87.4 cm³/mol. The molecule has 0 saturated carbocycles. The van der Waals surface area contributed by atoms with Gasteiger partial charge in [0.05, 0.1) is 5.69 Å². The van der Waals surface area contributed by atoms with E-state index in [1.807, 2.05) is 16.8 Å². The van der Waals surface area contributed by atoms with Gasteiger partial charge in [-0.05, 0) is 30.7 Å². The summed E-state index contributed by atoms with van der Waals surface area (Å²) in [6.45, 7) is 11.6. The highest BCUT2D eigenvalue weighted by atomic mass is 16.3. The lowest BCUT2D eigenvalue weighted by molar-refractivity contribution is 0.416. The van der Waals surface area contributed by atoms with E-state index in [0.29, 0.717) is 11.8 Å². The Morgan fingerprint density at radius 1 is 1.10 bits per heavy atom. The molecule has 0 aliphatic heterocycles. The summed E-state index contributed by atoms with van der Waals surface area (Å²) in [4.78, 5) is 0. The largest absolute Gasteiger partial charge is 0.492 e. The van der Waals surface area contributed by atoms with Crippen LogP contribution in [-0.2, 0) is 13.0 Å². The number of nitrogens with zero attached hydrogens (tertiary/aromatic N) is 2. The Balaban J connectivity index is 2.61. The van der Waals surface area contributed by atoms with Gasteiger partial charge in [-0.2, -0.15) is 0 Å². The van der Waals surface area contributed by atoms with E-state index in [4.69, 9.17) is 0 Å². The van der Waals surface area contributed by atoms with Crippen LogP contribution < -0.4 is 0 Å². The molecule has 0 aliphatic carbocycles. The van der Waals surface area contributed by atoms with Crippen LogP contribution in [0.3, 0.4) is 0 Å². The van der Waals surface area contributed by atoms with E-state index in [1.165, 1.54) is 11.1 Å². The van der Waals surface area contributed by atoms with E-state index < -0.39 is 0 Å². The zero-order chi connectivity index (χ0) is 15.6. The van der Waals surface area contributed by atoms with Gasteiger partial charge in [0, 0.05) is 17.7 Å². The third-order valence-corrected chi connectivity index (χ3v) is 3.58. The molecule has 3 heteroatoms. The number of hydrogen-bond acceptors (Lipinski definition) is 2. The average Bonchev–Trinajstić information content (AvgIpc) is 2.65. The van der Waals surface area contributed by atoms with Crippen LogP contribution in [0.1, 0.15) is 38.8 Å². The maximum Gasteiger partial charge on any atom is 0.234 e. The summed E-state index contributed by atoms with van der Waals surface area (Å²) >= 11 is 0. The number of aromatic nitrogens is 2. The van der Waals surface area contributed by atoms with Gasteiger partial charge in [-0.3, -0.25) is 4.68 Å². The van der Waals surface area contributed by atoms with Gasteiger partial charge in [-0.25, -0.2) is 0 Å². The summed E-state index contributed by atoms with van der Waals surface area (Å²) in [6, 6.07) is 8.32. The number of aryl methyl sites for hydroxylation is 1. The van der Waals surface area contributed by atoms with Crippen molar-refractivity contribution >= 4 is 0 Å². The summed E-state index contributed by atoms with van der Waals surface area (Å²) in [7, 11) is 0. The first-order chi connectivity index (χ1) is 9.90. The van der Waals surface area contributed by atoms with E-state index in [9.17, 15) is 5.11 Å². The first-order valence-corrected chi connectivity index (χ1v) is 7.74. The monoisotopic (exact) mass is 286 g/mol. The molecule has 0 fully saturated rings. The van der Waals surface area contributed by atoms with Crippen molar-refractivity contribution in [2.24, 2.45) is 11.8 Å². The van der Waals surface area contributed by atoms with Crippen molar-refractivity contribution in [1.29, 1.82) is 0 Å². The fourth-order valence-electron chi connectivity index (χ4n) is 2.70. The SMILES string of the molecule is Cc1ccccc1-c1c(CC(C)C)c(O)nn1CC(C)C. The lowest BCUT2D eigenvalue weighted by Gasteiger charge is -2.14. The Morgan fingerprint density at radius 2 is 1.76 bits per heavy atom. The molecule has 2 rings (SSSR count). The van der Waals surface area contributed by atoms with Gasteiger partial charge < -0.3 is 5.11 Å². The van der Waals surface area contributed by atoms with Crippen LogP contribution in [-0.4, -0.2) is 14.9 Å². The van der Waals surface area contributed by atoms with Crippen LogP contribution in [0, 0.1) is 18.8 Å². The molecule has 1 aromatic carbocycles. The van der Waals surface area contributed by atoms with Gasteiger partial charge in [0.1, 0.15) is 0 Å². The smallest absolute Gasteiger partial charge is 0.234 e. The molecule has 1 aromatic heterocycles. The third kappa shape index (κ3) is 3.46. The molecule has 0 amide bonds. The van der Waals surface area contributed by atoms with Crippen molar-refractivity contribution in [3.63, 3.8) is 0 Å². The summed E-state index contributed by atoms with van der Waals surface area (Å²) in [5.74, 6) is 1.15. The standard InChI is InChI=1S/C18H26N2O/c1-12(2)10-16-17(15-9-7-6-8-14(15)5)20(11-13(3)4)19-18(16)21/h6-9,12-13H,10-11H2,1-5H3,(H,19,21). The maximum atomic E-state index is 10.3. The van der Waals surface area contributed by atoms with Crippen LogP contribution in [0.25, 0.3) is 11.3 Å². The van der Waals surface area contributed by atoms with Gasteiger partial charge in [0.2, 0.25) is 5.88 Å². The normalized spacial score (nSPS) is 11.6. The maximum absolute atomic E-state index is 10.3. The topological polar surface area (TPSA) is 38.1 Å². The highest BCUT2D eigenvalue weighted by Crippen LogP contribution is 2.34. The van der Waals surface area contributed by atoms with Crippen molar-refractivity contribution in [1.82, 2.24) is 9.78 Å². The molecule has 114 valence electrons. The summed E-state index contributed by atoms with van der Waals surface area (Å²) in [6.07, 6.45) is 0.841. The number of benzene rings is 1. The Morgan fingerprint density at radius 3 is 2.33 bits per heavy atom. The van der Waals surface area contributed by atoms with Gasteiger partial charge in [-0.15, -0.1) is 5.10 Å². The van der Waals surface area contributed by atoms with Crippen molar-refractivity contribution in [3.05, 3.63) is 35.4 Å². The molecule has 0 radical (unpaired) electrons. The van der Waals surface area contributed by atoms with Crippen LogP contribution in [0.4, 0.5) is 0 Å². The highest BCUT2D eigenvalue weighted by Gasteiger charge is 2.21. The molecular formula is C18H26N2O. The second kappa shape index (κ2) is 6.33. The minimum absolute atomic E-state index is 0.183. The van der Waals surface area contributed by atoms with Crippen LogP contribution in [0.2, 0.25) is 0 Å². The molecule has 1 heterocycles. The average molecular weight is 286 g/mol. The third-order valence-electron chi connectivity index (χ3n) is 3.58. The van der Waals surface area contributed by atoms with E-state index in [-0.39, 0.29) is 5.88 Å². The van der Waals surface area contributed by atoms with Crippen LogP contribution in [0.15, 0.2) is 24.3 Å².